The van der Waals surface area contributed by atoms with Crippen LogP contribution in [0.4, 0.5) is 16.2 Å². The predicted molar refractivity (Wildman–Crippen MR) is 140 cm³/mol. The highest BCUT2D eigenvalue weighted by Crippen LogP contribution is 2.42. The summed E-state index contributed by atoms with van der Waals surface area (Å²) in [6.07, 6.45) is 5.35. The first-order valence-electron chi connectivity index (χ1n) is 12.6. The molecule has 3 amide bonds. The third-order valence-electron chi connectivity index (χ3n) is 6.78. The van der Waals surface area contributed by atoms with Crippen LogP contribution in [0.3, 0.4) is 0 Å². The number of rotatable bonds is 7. The number of ether oxygens (including phenoxy) is 1. The molecule has 2 aromatic heterocycles. The topological polar surface area (TPSA) is 80.0 Å². The number of nitrogens with one attached hydrogen (secondary N) is 1. The van der Waals surface area contributed by atoms with Gasteiger partial charge in [-0.1, -0.05) is 24.3 Å². The number of hydrogen-bond acceptors (Lipinski definition) is 4. The molecule has 8 nitrogen and oxygen atoms in total. The van der Waals surface area contributed by atoms with Gasteiger partial charge in [0.15, 0.2) is 0 Å². The van der Waals surface area contributed by atoms with Gasteiger partial charge < -0.3 is 23.9 Å². The van der Waals surface area contributed by atoms with Gasteiger partial charge in [-0.3, -0.25) is 9.69 Å². The second-order valence-corrected chi connectivity index (χ2v) is 9.19. The Hall–Kier alpha value is -4.46. The summed E-state index contributed by atoms with van der Waals surface area (Å²) in [4.78, 5) is 30.9. The Labute approximate surface area is 215 Å². The molecule has 1 N–H and O–H groups in total. The highest BCUT2D eigenvalue weighted by atomic mass is 16.5. The maximum Gasteiger partial charge on any atom is 0.322 e. The Morgan fingerprint density at radius 1 is 1.00 bits per heavy atom. The minimum Gasteiger partial charge on any atom is -0.492 e. The van der Waals surface area contributed by atoms with Crippen molar-refractivity contribution in [1.29, 1.82) is 0 Å². The molecule has 1 unspecified atom stereocenters. The van der Waals surface area contributed by atoms with Crippen LogP contribution in [0.1, 0.15) is 37.3 Å². The summed E-state index contributed by atoms with van der Waals surface area (Å²) < 4.78 is 13.6. The number of anilines is 2. The Bertz CT molecular complexity index is 1420. The Morgan fingerprint density at radius 3 is 2.54 bits per heavy atom. The molecule has 1 aliphatic heterocycles. The number of amides is 3. The zero-order chi connectivity index (χ0) is 25.4. The molecule has 8 heteroatoms. The Morgan fingerprint density at radius 2 is 1.78 bits per heavy atom. The number of fused-ring (bicyclic) bond motifs is 3. The molecule has 1 atom stereocenters. The van der Waals surface area contributed by atoms with Crippen molar-refractivity contribution in [3.05, 3.63) is 96.7 Å². The molecule has 1 saturated carbocycles. The fourth-order valence-electron chi connectivity index (χ4n) is 4.99. The lowest BCUT2D eigenvalue weighted by Crippen LogP contribution is -2.48. The maximum atomic E-state index is 14.1. The van der Waals surface area contributed by atoms with E-state index in [2.05, 4.69) is 9.88 Å². The fraction of sp³-hybridized carbons (Fsp3) is 0.241. The SMILES string of the molecule is CCOc1ccccc1NC(=O)N(CC(=O)N1c2ccccc2-n2cccc2C1c1ccco1)C1CC1. The summed E-state index contributed by atoms with van der Waals surface area (Å²) in [7, 11) is 0. The largest absolute Gasteiger partial charge is 0.492 e. The van der Waals surface area contributed by atoms with Crippen molar-refractivity contribution in [2.75, 3.05) is 23.4 Å². The predicted octanol–water partition coefficient (Wildman–Crippen LogP) is 5.60. The van der Waals surface area contributed by atoms with Crippen molar-refractivity contribution >= 4 is 23.3 Å². The van der Waals surface area contributed by atoms with E-state index in [0.717, 1.165) is 29.9 Å². The monoisotopic (exact) mass is 496 g/mol. The van der Waals surface area contributed by atoms with Gasteiger partial charge in [-0.15, -0.1) is 0 Å². The van der Waals surface area contributed by atoms with Gasteiger partial charge in [0.1, 0.15) is 24.1 Å². The molecule has 188 valence electrons. The second kappa shape index (κ2) is 9.54. The van der Waals surface area contributed by atoms with E-state index in [9.17, 15) is 9.59 Å². The van der Waals surface area contributed by atoms with Crippen LogP contribution in [0.25, 0.3) is 5.69 Å². The number of benzene rings is 2. The lowest BCUT2D eigenvalue weighted by molar-refractivity contribution is -0.119. The molecule has 1 aliphatic carbocycles. The number of hydrogen-bond donors (Lipinski definition) is 1. The van der Waals surface area contributed by atoms with Gasteiger partial charge in [0.05, 0.1) is 35.6 Å². The molecule has 0 saturated heterocycles. The van der Waals surface area contributed by atoms with Crippen LogP contribution in [0.2, 0.25) is 0 Å². The van der Waals surface area contributed by atoms with Crippen LogP contribution < -0.4 is 15.0 Å². The molecule has 4 aromatic rings. The number of para-hydroxylation sites is 4. The van der Waals surface area contributed by atoms with Crippen molar-refractivity contribution in [2.45, 2.75) is 31.8 Å². The van der Waals surface area contributed by atoms with Gasteiger partial charge >= 0.3 is 6.03 Å². The average Bonchev–Trinajstić information content (AvgIpc) is 3.37. The highest BCUT2D eigenvalue weighted by molar-refractivity contribution is 6.01. The van der Waals surface area contributed by atoms with Crippen molar-refractivity contribution in [3.63, 3.8) is 0 Å². The van der Waals surface area contributed by atoms with Gasteiger partial charge in [-0.05, 0) is 68.3 Å². The zero-order valence-corrected chi connectivity index (χ0v) is 20.5. The van der Waals surface area contributed by atoms with E-state index in [-0.39, 0.29) is 24.5 Å². The molecule has 0 bridgehead atoms. The smallest absolute Gasteiger partial charge is 0.322 e. The molecule has 2 aliphatic rings. The van der Waals surface area contributed by atoms with Crippen molar-refractivity contribution < 1.29 is 18.7 Å². The molecule has 0 spiro atoms. The average molecular weight is 497 g/mol. The summed E-state index contributed by atoms with van der Waals surface area (Å²) in [5.74, 6) is 1.08. The first-order valence-corrected chi connectivity index (χ1v) is 12.6. The van der Waals surface area contributed by atoms with Gasteiger partial charge in [-0.25, -0.2) is 4.79 Å². The maximum absolute atomic E-state index is 14.1. The van der Waals surface area contributed by atoms with E-state index < -0.39 is 6.04 Å². The summed E-state index contributed by atoms with van der Waals surface area (Å²) in [5, 5.41) is 2.96. The van der Waals surface area contributed by atoms with E-state index in [1.807, 2.05) is 79.9 Å². The van der Waals surface area contributed by atoms with Gasteiger partial charge in [0.25, 0.3) is 0 Å². The van der Waals surface area contributed by atoms with Crippen molar-refractivity contribution in [3.8, 4) is 11.4 Å². The van der Waals surface area contributed by atoms with Crippen LogP contribution in [-0.2, 0) is 4.79 Å². The summed E-state index contributed by atoms with van der Waals surface area (Å²) >= 11 is 0. The Kier molecular flexibility index (Phi) is 5.92. The third kappa shape index (κ3) is 4.24. The van der Waals surface area contributed by atoms with E-state index in [0.29, 0.717) is 23.8 Å². The van der Waals surface area contributed by atoms with Gasteiger partial charge in [0, 0.05) is 12.2 Å². The minimum atomic E-state index is -0.449. The van der Waals surface area contributed by atoms with Crippen LogP contribution >= 0.6 is 0 Å². The van der Waals surface area contributed by atoms with Crippen LogP contribution in [0, 0.1) is 0 Å². The van der Waals surface area contributed by atoms with Gasteiger partial charge in [0.2, 0.25) is 5.91 Å². The highest BCUT2D eigenvalue weighted by Gasteiger charge is 2.41. The first kappa shape index (κ1) is 23.0. The number of nitrogens with zero attached hydrogens (tertiary/aromatic N) is 3. The summed E-state index contributed by atoms with van der Waals surface area (Å²) in [6, 6.07) is 22.1. The molecule has 37 heavy (non-hydrogen) atoms. The van der Waals surface area contributed by atoms with Crippen LogP contribution in [0.5, 0.6) is 5.75 Å². The molecular weight excluding hydrogens is 468 g/mol. The zero-order valence-electron chi connectivity index (χ0n) is 20.5. The third-order valence-corrected chi connectivity index (χ3v) is 6.78. The number of carbonyl (C=O) groups is 2. The molecule has 6 rings (SSSR count). The van der Waals surface area contributed by atoms with Crippen molar-refractivity contribution in [2.24, 2.45) is 0 Å². The number of furan rings is 1. The standard InChI is InChI=1S/C29H28N4O4/c1-2-36-25-13-6-3-9-21(25)30-29(35)32(20-15-16-20)19-27(34)33-23-11-5-4-10-22(23)31-17-7-12-24(31)28(33)26-14-8-18-37-26/h3-14,17-18,20,28H,2,15-16,19H2,1H3,(H,30,35). The van der Waals surface area contributed by atoms with E-state index >= 15 is 0 Å². The molecular formula is C29H28N4O4. The van der Waals surface area contributed by atoms with Gasteiger partial charge in [-0.2, -0.15) is 0 Å². The Balaban J connectivity index is 1.32. The summed E-state index contributed by atoms with van der Waals surface area (Å²) in [6.45, 7) is 2.33. The van der Waals surface area contributed by atoms with Crippen molar-refractivity contribution in [1.82, 2.24) is 9.47 Å². The van der Waals surface area contributed by atoms with E-state index in [1.54, 1.807) is 22.1 Å². The number of carbonyl (C=O) groups excluding carboxylic acids is 2. The van der Waals surface area contributed by atoms with E-state index in [1.165, 1.54) is 0 Å². The minimum absolute atomic E-state index is 0.0224. The molecule has 1 fully saturated rings. The van der Waals surface area contributed by atoms with Crippen LogP contribution in [0.15, 0.2) is 89.7 Å². The second-order valence-electron chi connectivity index (χ2n) is 9.19. The quantitative estimate of drug-likeness (QED) is 0.361. The number of urea groups is 1. The number of aromatic nitrogens is 1. The lowest BCUT2D eigenvalue weighted by Gasteiger charge is -2.38. The fourth-order valence-corrected chi connectivity index (χ4v) is 4.99. The first-order chi connectivity index (χ1) is 18.2. The molecule has 2 aromatic carbocycles. The summed E-state index contributed by atoms with van der Waals surface area (Å²) in [5.41, 5.74) is 3.19. The molecule has 0 radical (unpaired) electrons. The van der Waals surface area contributed by atoms with Crippen LogP contribution in [-0.4, -0.2) is 40.6 Å². The lowest BCUT2D eigenvalue weighted by atomic mass is 10.0. The van der Waals surface area contributed by atoms with E-state index in [4.69, 9.17) is 9.15 Å². The normalized spacial score (nSPS) is 16.0. The molecule has 3 heterocycles.